The molecule has 1 aromatic rings. The monoisotopic (exact) mass is 319 g/mol. The second-order valence-electron chi connectivity index (χ2n) is 6.93. The molecule has 0 spiro atoms. The van der Waals surface area contributed by atoms with Gasteiger partial charge >= 0.3 is 5.97 Å². The molecule has 0 N–H and O–H groups in total. The van der Waals surface area contributed by atoms with Crippen LogP contribution in [0.1, 0.15) is 44.0 Å². The molecule has 1 aromatic carbocycles. The molecule has 1 aliphatic heterocycles. The third-order valence-corrected chi connectivity index (χ3v) is 4.00. The SMILES string of the molecule is COc1cccc(C(=O)C2CCN(OC(=O)C(C)(C)C)CC2)c1. The zero-order chi connectivity index (χ0) is 17.0. The number of carbonyl (C=O) groups is 2. The van der Waals surface area contributed by atoms with Crippen molar-refractivity contribution in [3.8, 4) is 5.75 Å². The van der Waals surface area contributed by atoms with E-state index in [-0.39, 0.29) is 17.7 Å². The fourth-order valence-electron chi connectivity index (χ4n) is 2.48. The number of ketones is 1. The van der Waals surface area contributed by atoms with Gasteiger partial charge in [-0.1, -0.05) is 12.1 Å². The molecule has 0 amide bonds. The lowest BCUT2D eigenvalue weighted by Gasteiger charge is -2.31. The van der Waals surface area contributed by atoms with Gasteiger partial charge in [0.25, 0.3) is 0 Å². The van der Waals surface area contributed by atoms with Gasteiger partial charge in [-0.05, 0) is 45.7 Å². The maximum absolute atomic E-state index is 12.6. The van der Waals surface area contributed by atoms with Crippen LogP contribution in [0.2, 0.25) is 0 Å². The summed E-state index contributed by atoms with van der Waals surface area (Å²) in [7, 11) is 1.59. The summed E-state index contributed by atoms with van der Waals surface area (Å²) >= 11 is 0. The average molecular weight is 319 g/mol. The van der Waals surface area contributed by atoms with E-state index in [1.54, 1.807) is 18.2 Å². The molecule has 0 radical (unpaired) electrons. The second-order valence-corrected chi connectivity index (χ2v) is 6.93. The Bertz CT molecular complexity index is 569. The summed E-state index contributed by atoms with van der Waals surface area (Å²) in [6.07, 6.45) is 1.38. The predicted molar refractivity (Wildman–Crippen MR) is 87.2 cm³/mol. The van der Waals surface area contributed by atoms with Gasteiger partial charge in [0.05, 0.1) is 12.5 Å². The molecule has 2 rings (SSSR count). The first-order valence-corrected chi connectivity index (χ1v) is 7.97. The van der Waals surface area contributed by atoms with E-state index in [1.807, 2.05) is 39.0 Å². The molecule has 23 heavy (non-hydrogen) atoms. The molecular formula is C18H25NO4. The van der Waals surface area contributed by atoms with Crippen molar-refractivity contribution in [2.75, 3.05) is 20.2 Å². The van der Waals surface area contributed by atoms with Gasteiger partial charge in [-0.3, -0.25) is 4.79 Å². The number of hydrogen-bond donors (Lipinski definition) is 0. The quantitative estimate of drug-likeness (QED) is 0.798. The molecule has 0 saturated carbocycles. The fraction of sp³-hybridized carbons (Fsp3) is 0.556. The number of piperidine rings is 1. The van der Waals surface area contributed by atoms with Gasteiger partial charge in [-0.25, -0.2) is 4.79 Å². The third-order valence-electron chi connectivity index (χ3n) is 4.00. The first-order chi connectivity index (χ1) is 10.8. The van der Waals surface area contributed by atoms with Crippen LogP contribution < -0.4 is 4.74 Å². The maximum atomic E-state index is 12.6. The number of hydrogen-bond acceptors (Lipinski definition) is 5. The third kappa shape index (κ3) is 4.55. The van der Waals surface area contributed by atoms with Crippen molar-refractivity contribution in [2.45, 2.75) is 33.6 Å². The second kappa shape index (κ2) is 7.13. The van der Waals surface area contributed by atoms with Gasteiger partial charge in [0.2, 0.25) is 0 Å². The Morgan fingerprint density at radius 3 is 2.39 bits per heavy atom. The largest absolute Gasteiger partial charge is 0.497 e. The highest BCUT2D eigenvalue weighted by Gasteiger charge is 2.30. The molecule has 1 saturated heterocycles. The Hall–Kier alpha value is -1.88. The van der Waals surface area contributed by atoms with Crippen LogP contribution in [0.25, 0.3) is 0 Å². The molecule has 0 atom stereocenters. The van der Waals surface area contributed by atoms with Gasteiger partial charge in [-0.15, -0.1) is 5.06 Å². The van der Waals surface area contributed by atoms with E-state index >= 15 is 0 Å². The molecule has 0 bridgehead atoms. The van der Waals surface area contributed by atoms with Crippen LogP contribution in [-0.4, -0.2) is 37.0 Å². The normalized spacial score (nSPS) is 16.9. The van der Waals surface area contributed by atoms with E-state index < -0.39 is 5.41 Å². The molecule has 126 valence electrons. The highest BCUT2D eigenvalue weighted by atomic mass is 16.7. The van der Waals surface area contributed by atoms with E-state index in [2.05, 4.69) is 0 Å². The maximum Gasteiger partial charge on any atom is 0.330 e. The number of methoxy groups -OCH3 is 1. The molecule has 0 unspecified atom stereocenters. The Morgan fingerprint density at radius 1 is 1.17 bits per heavy atom. The van der Waals surface area contributed by atoms with Crippen LogP contribution in [0.5, 0.6) is 5.75 Å². The number of benzene rings is 1. The Kier molecular flexibility index (Phi) is 5.42. The first-order valence-electron chi connectivity index (χ1n) is 7.97. The summed E-state index contributed by atoms with van der Waals surface area (Å²) in [4.78, 5) is 29.9. The predicted octanol–water partition coefficient (Wildman–Crippen LogP) is 3.09. The van der Waals surface area contributed by atoms with E-state index in [4.69, 9.17) is 9.57 Å². The van der Waals surface area contributed by atoms with E-state index in [0.717, 1.165) is 0 Å². The molecule has 1 aliphatic rings. The number of ether oxygens (including phenoxy) is 1. The molecule has 5 heteroatoms. The lowest BCUT2D eigenvalue weighted by molar-refractivity contribution is -0.205. The molecule has 0 aromatic heterocycles. The van der Waals surface area contributed by atoms with Gasteiger partial charge < -0.3 is 9.57 Å². The molecule has 5 nitrogen and oxygen atoms in total. The number of nitrogens with zero attached hydrogens (tertiary/aromatic N) is 1. The highest BCUT2D eigenvalue weighted by Crippen LogP contribution is 2.25. The minimum absolute atomic E-state index is 0.0355. The summed E-state index contributed by atoms with van der Waals surface area (Å²) < 4.78 is 5.17. The standard InChI is InChI=1S/C18H25NO4/c1-18(2,3)17(21)23-19-10-8-13(9-11-19)16(20)14-6-5-7-15(12-14)22-4/h5-7,12-13H,8-11H2,1-4H3. The van der Waals surface area contributed by atoms with Crippen molar-refractivity contribution in [1.82, 2.24) is 5.06 Å². The average Bonchev–Trinajstić information content (AvgIpc) is 2.54. The van der Waals surface area contributed by atoms with Crippen molar-refractivity contribution < 1.29 is 19.2 Å². The Balaban J connectivity index is 1.91. The topological polar surface area (TPSA) is 55.8 Å². The summed E-state index contributed by atoms with van der Waals surface area (Å²) in [6.45, 7) is 6.65. The van der Waals surface area contributed by atoms with Crippen molar-refractivity contribution in [3.63, 3.8) is 0 Å². The van der Waals surface area contributed by atoms with E-state index in [9.17, 15) is 9.59 Å². The number of Topliss-reactive ketones (excluding diaryl/α,β-unsaturated/α-hetero) is 1. The number of rotatable bonds is 4. The van der Waals surface area contributed by atoms with Crippen molar-refractivity contribution in [2.24, 2.45) is 11.3 Å². The summed E-state index contributed by atoms with van der Waals surface area (Å²) in [5.41, 5.74) is 0.155. The number of hydroxylamine groups is 2. The smallest absolute Gasteiger partial charge is 0.330 e. The summed E-state index contributed by atoms with van der Waals surface area (Å²) in [6, 6.07) is 7.24. The highest BCUT2D eigenvalue weighted by molar-refractivity contribution is 5.98. The van der Waals surface area contributed by atoms with Crippen LogP contribution in [0.15, 0.2) is 24.3 Å². The van der Waals surface area contributed by atoms with Crippen LogP contribution in [-0.2, 0) is 9.63 Å². The molecule has 1 fully saturated rings. The van der Waals surface area contributed by atoms with E-state index in [0.29, 0.717) is 37.2 Å². The lowest BCUT2D eigenvalue weighted by Crippen LogP contribution is -2.40. The minimum atomic E-state index is -0.521. The van der Waals surface area contributed by atoms with Crippen LogP contribution in [0.3, 0.4) is 0 Å². The molecular weight excluding hydrogens is 294 g/mol. The van der Waals surface area contributed by atoms with Crippen LogP contribution in [0.4, 0.5) is 0 Å². The van der Waals surface area contributed by atoms with Crippen molar-refractivity contribution in [1.29, 1.82) is 0 Å². The van der Waals surface area contributed by atoms with Crippen molar-refractivity contribution in [3.05, 3.63) is 29.8 Å². The van der Waals surface area contributed by atoms with Gasteiger partial charge in [0.15, 0.2) is 5.78 Å². The van der Waals surface area contributed by atoms with Crippen LogP contribution >= 0.6 is 0 Å². The van der Waals surface area contributed by atoms with Gasteiger partial charge in [0.1, 0.15) is 5.75 Å². The Morgan fingerprint density at radius 2 is 1.83 bits per heavy atom. The summed E-state index contributed by atoms with van der Waals surface area (Å²) in [5.74, 6) is 0.542. The number of carbonyl (C=O) groups excluding carboxylic acids is 2. The fourth-order valence-corrected chi connectivity index (χ4v) is 2.48. The summed E-state index contributed by atoms with van der Waals surface area (Å²) in [5, 5.41) is 1.67. The minimum Gasteiger partial charge on any atom is -0.497 e. The molecule has 1 heterocycles. The zero-order valence-corrected chi connectivity index (χ0v) is 14.3. The zero-order valence-electron chi connectivity index (χ0n) is 14.3. The van der Waals surface area contributed by atoms with Gasteiger partial charge in [-0.2, -0.15) is 0 Å². The van der Waals surface area contributed by atoms with Crippen molar-refractivity contribution >= 4 is 11.8 Å². The van der Waals surface area contributed by atoms with Gasteiger partial charge in [0, 0.05) is 24.6 Å². The Labute approximate surface area is 137 Å². The lowest BCUT2D eigenvalue weighted by atomic mass is 9.89. The molecule has 0 aliphatic carbocycles. The first kappa shape index (κ1) is 17.5. The van der Waals surface area contributed by atoms with E-state index in [1.165, 1.54) is 0 Å². The van der Waals surface area contributed by atoms with Crippen LogP contribution in [0, 0.1) is 11.3 Å².